The van der Waals surface area contributed by atoms with Crippen LogP contribution >= 0.6 is 7.82 Å². The van der Waals surface area contributed by atoms with Gasteiger partial charge in [0, 0.05) is 12.8 Å². The van der Waals surface area contributed by atoms with Crippen LogP contribution in [0.3, 0.4) is 0 Å². The second kappa shape index (κ2) is 41.3. The lowest BCUT2D eigenvalue weighted by Crippen LogP contribution is -2.37. The zero-order valence-corrected chi connectivity index (χ0v) is 39.3. The van der Waals surface area contributed by atoms with E-state index < -0.39 is 32.5 Å². The number of allylic oxidation sites excluding steroid dienone is 16. The molecule has 0 rings (SSSR count). The maximum absolute atomic E-state index is 12.7. The maximum atomic E-state index is 12.7. The number of hydrogen-bond acceptors (Lipinski definition) is 8. The van der Waals surface area contributed by atoms with Gasteiger partial charge in [-0.3, -0.25) is 14.2 Å². The van der Waals surface area contributed by atoms with E-state index >= 15 is 0 Å². The van der Waals surface area contributed by atoms with E-state index in [-0.39, 0.29) is 26.1 Å². The molecule has 0 saturated heterocycles. The van der Waals surface area contributed by atoms with Crippen LogP contribution in [-0.2, 0) is 32.7 Å². The number of ether oxygens (including phenoxy) is 2. The molecule has 10 heteroatoms. The summed E-state index contributed by atoms with van der Waals surface area (Å²) in [5.41, 5.74) is 0. The molecule has 0 aliphatic heterocycles. The third-order valence-corrected chi connectivity index (χ3v) is 10.1. The molecule has 0 aliphatic carbocycles. The first-order valence-electron chi connectivity index (χ1n) is 22.9. The minimum atomic E-state index is -4.66. The summed E-state index contributed by atoms with van der Waals surface area (Å²) in [5.74, 6) is -1.00. The van der Waals surface area contributed by atoms with Crippen molar-refractivity contribution in [2.75, 3.05) is 47.5 Å². The fourth-order valence-corrected chi connectivity index (χ4v) is 6.20. The highest BCUT2D eigenvalue weighted by molar-refractivity contribution is 7.45. The fourth-order valence-electron chi connectivity index (χ4n) is 5.47. The smallest absolute Gasteiger partial charge is 0.306 e. The van der Waals surface area contributed by atoms with Crippen molar-refractivity contribution < 1.29 is 42.1 Å². The van der Waals surface area contributed by atoms with Crippen molar-refractivity contribution in [3.05, 3.63) is 97.2 Å². The summed E-state index contributed by atoms with van der Waals surface area (Å²) in [7, 11) is 1.08. The molecule has 0 bridgehead atoms. The van der Waals surface area contributed by atoms with Crippen LogP contribution < -0.4 is 4.89 Å². The Morgan fingerprint density at radius 1 is 0.517 bits per heavy atom. The Kier molecular flexibility index (Phi) is 39.2. The van der Waals surface area contributed by atoms with E-state index in [9.17, 15) is 19.0 Å². The molecule has 0 aromatic rings. The van der Waals surface area contributed by atoms with E-state index in [1.165, 1.54) is 64.2 Å². The van der Waals surface area contributed by atoms with Gasteiger partial charge in [0.25, 0.3) is 7.82 Å². The molecule has 9 nitrogen and oxygen atoms in total. The van der Waals surface area contributed by atoms with Gasteiger partial charge in [-0.15, -0.1) is 0 Å². The van der Waals surface area contributed by atoms with Crippen molar-refractivity contribution in [3.8, 4) is 0 Å². The van der Waals surface area contributed by atoms with E-state index in [1.54, 1.807) is 0 Å². The van der Waals surface area contributed by atoms with E-state index in [2.05, 4.69) is 92.8 Å². The zero-order valence-electron chi connectivity index (χ0n) is 38.4. The molecule has 0 radical (unpaired) electrons. The van der Waals surface area contributed by atoms with E-state index in [1.807, 2.05) is 39.4 Å². The van der Waals surface area contributed by atoms with Gasteiger partial charge in [0.05, 0.1) is 27.7 Å². The minimum absolute atomic E-state index is 0.0562. The summed E-state index contributed by atoms with van der Waals surface area (Å²) in [6.07, 6.45) is 54.6. The Morgan fingerprint density at radius 3 is 1.43 bits per heavy atom. The summed E-state index contributed by atoms with van der Waals surface area (Å²) < 4.78 is 33.8. The van der Waals surface area contributed by atoms with Gasteiger partial charge in [-0.1, -0.05) is 156 Å². The van der Waals surface area contributed by atoms with Crippen LogP contribution in [0.15, 0.2) is 97.2 Å². The van der Waals surface area contributed by atoms with Gasteiger partial charge in [0.15, 0.2) is 6.10 Å². The molecule has 0 spiro atoms. The fraction of sp³-hybridized carbons (Fsp3) is 0.640. The van der Waals surface area contributed by atoms with Crippen LogP contribution in [0.25, 0.3) is 0 Å². The number of esters is 2. The number of hydrogen-bond donors (Lipinski definition) is 0. The van der Waals surface area contributed by atoms with Gasteiger partial charge in [-0.2, -0.15) is 0 Å². The average Bonchev–Trinajstić information content (AvgIpc) is 3.20. The Balaban J connectivity index is 4.56. The second-order valence-electron chi connectivity index (χ2n) is 16.1. The molecule has 0 aromatic heterocycles. The van der Waals surface area contributed by atoms with Crippen LogP contribution in [0.4, 0.5) is 0 Å². The second-order valence-corrected chi connectivity index (χ2v) is 17.5. The molecule has 1 unspecified atom stereocenters. The Morgan fingerprint density at radius 2 is 0.933 bits per heavy atom. The largest absolute Gasteiger partial charge is 0.756 e. The van der Waals surface area contributed by atoms with Gasteiger partial charge >= 0.3 is 11.9 Å². The first kappa shape index (κ1) is 56.9. The third-order valence-electron chi connectivity index (χ3n) is 9.09. The van der Waals surface area contributed by atoms with Crippen molar-refractivity contribution in [2.45, 2.75) is 161 Å². The average molecular weight is 858 g/mol. The Bertz CT molecular complexity index is 1340. The molecular formula is C50H84NO8P. The molecule has 342 valence electrons. The Labute approximate surface area is 366 Å². The molecule has 2 atom stereocenters. The molecule has 0 N–H and O–H groups in total. The van der Waals surface area contributed by atoms with Crippen LogP contribution in [-0.4, -0.2) is 70.0 Å². The summed E-state index contributed by atoms with van der Waals surface area (Å²) >= 11 is 0. The normalized spacial score (nSPS) is 14.4. The topological polar surface area (TPSA) is 111 Å². The van der Waals surface area contributed by atoms with Crippen LogP contribution in [0.2, 0.25) is 0 Å². The van der Waals surface area contributed by atoms with Gasteiger partial charge in [-0.05, 0) is 83.5 Å². The number of phosphoric ester groups is 1. The summed E-state index contributed by atoms with van der Waals surface area (Å²) in [5, 5.41) is 0. The number of carbonyl (C=O) groups excluding carboxylic acids is 2. The highest BCUT2D eigenvalue weighted by Crippen LogP contribution is 2.38. The number of likely N-dealkylation sites (N-methyl/N-ethyl adjacent to an activating group) is 1. The van der Waals surface area contributed by atoms with Gasteiger partial charge in [-0.25, -0.2) is 0 Å². The molecule has 0 aromatic carbocycles. The summed E-state index contributed by atoms with van der Waals surface area (Å²) in [6.45, 7) is 4.02. The SMILES string of the molecule is CCCCC/C=C/C/C=C/C/C=C/C/C=C/C/C=C/CCC(=O)OC[C@H](COP(=O)([O-])OCC[N+](C)(C)C)OC(=O)CCC/C=C/C/C=C/C/C=C/CCCCCCCC. The van der Waals surface area contributed by atoms with Crippen molar-refractivity contribution in [1.82, 2.24) is 0 Å². The van der Waals surface area contributed by atoms with Gasteiger partial charge < -0.3 is 27.9 Å². The monoisotopic (exact) mass is 858 g/mol. The lowest BCUT2D eigenvalue weighted by atomic mass is 10.1. The number of rotatable bonds is 40. The predicted octanol–water partition coefficient (Wildman–Crippen LogP) is 12.7. The molecule has 0 saturated carbocycles. The summed E-state index contributed by atoms with van der Waals surface area (Å²) in [4.78, 5) is 37.5. The third kappa shape index (κ3) is 44.5. The van der Waals surface area contributed by atoms with Crippen molar-refractivity contribution in [2.24, 2.45) is 0 Å². The zero-order chi connectivity index (χ0) is 44.3. The molecular weight excluding hydrogens is 774 g/mol. The van der Waals surface area contributed by atoms with Gasteiger partial charge in [0.2, 0.25) is 0 Å². The number of unbranched alkanes of at least 4 members (excludes halogenated alkanes) is 10. The van der Waals surface area contributed by atoms with E-state index in [0.29, 0.717) is 30.3 Å². The quantitative estimate of drug-likeness (QED) is 0.0197. The highest BCUT2D eigenvalue weighted by Gasteiger charge is 2.21. The van der Waals surface area contributed by atoms with Crippen LogP contribution in [0.5, 0.6) is 0 Å². The van der Waals surface area contributed by atoms with E-state index in [4.69, 9.17) is 18.5 Å². The first-order valence-corrected chi connectivity index (χ1v) is 24.4. The lowest BCUT2D eigenvalue weighted by Gasteiger charge is -2.28. The maximum Gasteiger partial charge on any atom is 0.306 e. The highest BCUT2D eigenvalue weighted by atomic mass is 31.2. The van der Waals surface area contributed by atoms with Crippen LogP contribution in [0, 0.1) is 0 Å². The molecule has 0 amide bonds. The van der Waals surface area contributed by atoms with E-state index in [0.717, 1.165) is 44.9 Å². The molecule has 0 heterocycles. The molecule has 0 fully saturated rings. The number of phosphoric acid groups is 1. The standard InChI is InChI=1S/C50H84NO8P/c1-6-8-10-12-14-16-18-20-22-24-25-27-28-30-32-34-36-38-40-42-49(52)56-46-48(47-58-60(54,55)57-45-44-51(3,4)5)59-50(53)43-41-39-37-35-33-31-29-26-23-21-19-17-15-13-11-9-7-2/h14,16,20-23,25,27,29-32,35-38,48H,6-13,15,17-19,24,26,28,33-34,39-47H2,1-5H3/b16-14+,22-20+,23-21+,27-25+,31-29+,32-30+,37-35+,38-36+/t48-/m1/s1. The van der Waals surface area contributed by atoms with Crippen LogP contribution in [0.1, 0.15) is 155 Å². The van der Waals surface area contributed by atoms with Crippen molar-refractivity contribution >= 4 is 19.8 Å². The summed E-state index contributed by atoms with van der Waals surface area (Å²) in [6, 6.07) is 0. The first-order chi connectivity index (χ1) is 29.0. The molecule has 0 aliphatic rings. The molecule has 60 heavy (non-hydrogen) atoms. The Hall–Kier alpha value is -3.07. The number of nitrogens with zero attached hydrogens (tertiary/aromatic N) is 1. The van der Waals surface area contributed by atoms with Crippen molar-refractivity contribution in [3.63, 3.8) is 0 Å². The van der Waals surface area contributed by atoms with Crippen molar-refractivity contribution in [1.29, 1.82) is 0 Å². The van der Waals surface area contributed by atoms with Gasteiger partial charge in [0.1, 0.15) is 19.8 Å². The predicted molar refractivity (Wildman–Crippen MR) is 249 cm³/mol. The number of quaternary nitrogens is 1. The minimum Gasteiger partial charge on any atom is -0.756 e. The number of carbonyl (C=O) groups is 2. The lowest BCUT2D eigenvalue weighted by molar-refractivity contribution is -0.870.